The van der Waals surface area contributed by atoms with E-state index in [4.69, 9.17) is 0 Å². The maximum Gasteiger partial charge on any atom is 0.164 e. The molecule has 1 atom stereocenters. The highest BCUT2D eigenvalue weighted by Crippen LogP contribution is 2.32. The number of nitrogens with one attached hydrogen (secondary N) is 1. The number of carbonyl (C=O) groups excluding carboxylic acids is 1. The highest BCUT2D eigenvalue weighted by Gasteiger charge is 2.31. The van der Waals surface area contributed by atoms with E-state index in [0.29, 0.717) is 17.0 Å². The SMILES string of the molecule is CC(=O)[C@H]1CCCN1c1nc(-c2cccc(F)c2)nc2[nH]ccc12. The Labute approximate surface area is 138 Å². The van der Waals surface area contributed by atoms with Crippen LogP contribution >= 0.6 is 0 Å². The minimum absolute atomic E-state index is 0.141. The van der Waals surface area contributed by atoms with Gasteiger partial charge in [0, 0.05) is 18.3 Å². The molecule has 0 spiro atoms. The maximum absolute atomic E-state index is 13.6. The number of Topliss-reactive ketones (excluding diaryl/α,β-unsaturated/α-hetero) is 1. The highest BCUT2D eigenvalue weighted by atomic mass is 19.1. The van der Waals surface area contributed by atoms with Crippen molar-refractivity contribution >= 4 is 22.6 Å². The molecule has 1 N–H and O–H groups in total. The quantitative estimate of drug-likeness (QED) is 0.803. The molecule has 3 heterocycles. The van der Waals surface area contributed by atoms with Gasteiger partial charge in [-0.3, -0.25) is 4.79 Å². The summed E-state index contributed by atoms with van der Waals surface area (Å²) >= 11 is 0. The number of hydrogen-bond acceptors (Lipinski definition) is 4. The number of aromatic amines is 1. The summed E-state index contributed by atoms with van der Waals surface area (Å²) < 4.78 is 13.6. The maximum atomic E-state index is 13.6. The molecule has 1 saturated heterocycles. The smallest absolute Gasteiger partial charge is 0.164 e. The zero-order valence-electron chi connectivity index (χ0n) is 13.3. The van der Waals surface area contributed by atoms with Crippen molar-refractivity contribution in [3.05, 3.63) is 42.3 Å². The molecule has 4 rings (SSSR count). The molecular formula is C18H17FN4O. The van der Waals surface area contributed by atoms with Crippen LogP contribution in [0.3, 0.4) is 0 Å². The van der Waals surface area contributed by atoms with Gasteiger partial charge >= 0.3 is 0 Å². The summed E-state index contributed by atoms with van der Waals surface area (Å²) in [6.45, 7) is 2.40. The number of halogens is 1. The van der Waals surface area contributed by atoms with Crippen molar-refractivity contribution in [3.8, 4) is 11.4 Å². The van der Waals surface area contributed by atoms with Crippen LogP contribution in [0.4, 0.5) is 10.2 Å². The van der Waals surface area contributed by atoms with Gasteiger partial charge in [0.2, 0.25) is 0 Å². The third kappa shape index (κ3) is 2.44. The third-order valence-corrected chi connectivity index (χ3v) is 4.47. The Hall–Kier alpha value is -2.76. The summed E-state index contributed by atoms with van der Waals surface area (Å²) in [5.74, 6) is 1.00. The minimum atomic E-state index is -0.327. The Kier molecular flexibility index (Phi) is 3.52. The highest BCUT2D eigenvalue weighted by molar-refractivity contribution is 5.93. The molecule has 0 radical (unpaired) electrons. The molecule has 0 unspecified atom stereocenters. The van der Waals surface area contributed by atoms with E-state index in [1.807, 2.05) is 11.0 Å². The molecule has 24 heavy (non-hydrogen) atoms. The fourth-order valence-electron chi connectivity index (χ4n) is 3.34. The predicted molar refractivity (Wildman–Crippen MR) is 90.3 cm³/mol. The lowest BCUT2D eigenvalue weighted by Gasteiger charge is -2.24. The largest absolute Gasteiger partial charge is 0.346 e. The van der Waals surface area contributed by atoms with Gasteiger partial charge in [-0.05, 0) is 38.0 Å². The van der Waals surface area contributed by atoms with Crippen LogP contribution in [0.15, 0.2) is 36.5 Å². The van der Waals surface area contributed by atoms with Gasteiger partial charge in [-0.15, -0.1) is 0 Å². The molecule has 1 aliphatic rings. The second-order valence-electron chi connectivity index (χ2n) is 6.08. The Bertz CT molecular complexity index is 920. The number of ketones is 1. The Morgan fingerprint density at radius 2 is 2.21 bits per heavy atom. The number of H-pyrrole nitrogens is 1. The average Bonchev–Trinajstić information content (AvgIpc) is 3.23. The second-order valence-corrected chi connectivity index (χ2v) is 6.08. The van der Waals surface area contributed by atoms with Gasteiger partial charge in [-0.25, -0.2) is 14.4 Å². The van der Waals surface area contributed by atoms with Crippen LogP contribution in [0, 0.1) is 5.82 Å². The second kappa shape index (κ2) is 5.70. The first-order chi connectivity index (χ1) is 11.6. The number of hydrogen-bond donors (Lipinski definition) is 1. The van der Waals surface area contributed by atoms with Crippen LogP contribution in [0.25, 0.3) is 22.4 Å². The van der Waals surface area contributed by atoms with Crippen LogP contribution in [0.2, 0.25) is 0 Å². The number of nitrogens with zero attached hydrogens (tertiary/aromatic N) is 3. The molecule has 0 amide bonds. The Morgan fingerprint density at radius 1 is 1.33 bits per heavy atom. The van der Waals surface area contributed by atoms with Crippen molar-refractivity contribution in [2.24, 2.45) is 0 Å². The normalized spacial score (nSPS) is 17.6. The zero-order valence-corrected chi connectivity index (χ0v) is 13.3. The molecule has 122 valence electrons. The molecule has 1 aliphatic heterocycles. The van der Waals surface area contributed by atoms with Crippen molar-refractivity contribution in [2.45, 2.75) is 25.8 Å². The number of carbonyl (C=O) groups is 1. The first kappa shape index (κ1) is 14.8. The predicted octanol–water partition coefficient (Wildman–Crippen LogP) is 3.32. The lowest BCUT2D eigenvalue weighted by Crippen LogP contribution is -2.35. The molecule has 3 aromatic rings. The summed E-state index contributed by atoms with van der Waals surface area (Å²) in [5, 5.41) is 0.878. The van der Waals surface area contributed by atoms with Crippen molar-refractivity contribution in [1.82, 2.24) is 15.0 Å². The molecule has 0 bridgehead atoms. The molecular weight excluding hydrogens is 307 g/mol. The summed E-state index contributed by atoms with van der Waals surface area (Å²) in [5.41, 5.74) is 1.31. The number of rotatable bonds is 3. The van der Waals surface area contributed by atoms with Crippen molar-refractivity contribution < 1.29 is 9.18 Å². The standard InChI is InChI=1S/C18H17FN4O/c1-11(24)15-6-3-9-23(15)18-14-7-8-20-17(14)21-16(22-18)12-4-2-5-13(19)10-12/h2,4-5,7-8,10,15H,3,6,9H2,1H3,(H,20,21,22)/t15-/m1/s1. The topological polar surface area (TPSA) is 61.9 Å². The van der Waals surface area contributed by atoms with Crippen LogP contribution in [0.1, 0.15) is 19.8 Å². The van der Waals surface area contributed by atoms with Gasteiger partial charge in [0.15, 0.2) is 11.6 Å². The summed E-state index contributed by atoms with van der Waals surface area (Å²) in [6, 6.07) is 7.99. The van der Waals surface area contributed by atoms with E-state index in [9.17, 15) is 9.18 Å². The van der Waals surface area contributed by atoms with Gasteiger partial charge in [0.25, 0.3) is 0 Å². The van der Waals surface area contributed by atoms with Crippen molar-refractivity contribution in [1.29, 1.82) is 0 Å². The van der Waals surface area contributed by atoms with Crippen LogP contribution < -0.4 is 4.90 Å². The van der Waals surface area contributed by atoms with E-state index in [0.717, 1.165) is 30.6 Å². The van der Waals surface area contributed by atoms with Gasteiger partial charge in [0.05, 0.1) is 11.4 Å². The third-order valence-electron chi connectivity index (χ3n) is 4.47. The molecule has 2 aromatic heterocycles. The minimum Gasteiger partial charge on any atom is -0.346 e. The number of aromatic nitrogens is 3. The Morgan fingerprint density at radius 3 is 3.00 bits per heavy atom. The fraction of sp³-hybridized carbons (Fsp3) is 0.278. The molecule has 0 saturated carbocycles. The van der Waals surface area contributed by atoms with E-state index >= 15 is 0 Å². The summed E-state index contributed by atoms with van der Waals surface area (Å²) in [7, 11) is 0. The van der Waals surface area contributed by atoms with Gasteiger partial charge in [-0.2, -0.15) is 0 Å². The monoisotopic (exact) mass is 324 g/mol. The molecule has 1 aromatic carbocycles. The first-order valence-corrected chi connectivity index (χ1v) is 8.01. The van der Waals surface area contributed by atoms with E-state index < -0.39 is 0 Å². The molecule has 6 heteroatoms. The fourth-order valence-corrected chi connectivity index (χ4v) is 3.34. The summed E-state index contributed by atoms with van der Waals surface area (Å²) in [4.78, 5) is 26.3. The van der Waals surface area contributed by atoms with Crippen LogP contribution in [0.5, 0.6) is 0 Å². The Balaban J connectivity index is 1.88. The van der Waals surface area contributed by atoms with E-state index in [1.165, 1.54) is 12.1 Å². The van der Waals surface area contributed by atoms with Gasteiger partial charge in [-0.1, -0.05) is 12.1 Å². The molecule has 0 aliphatic carbocycles. The van der Waals surface area contributed by atoms with E-state index in [-0.39, 0.29) is 17.6 Å². The van der Waals surface area contributed by atoms with Crippen molar-refractivity contribution in [2.75, 3.05) is 11.4 Å². The number of anilines is 1. The van der Waals surface area contributed by atoms with Crippen LogP contribution in [-0.4, -0.2) is 33.3 Å². The summed E-state index contributed by atoms with van der Waals surface area (Å²) in [6.07, 6.45) is 3.59. The first-order valence-electron chi connectivity index (χ1n) is 8.01. The lowest BCUT2D eigenvalue weighted by atomic mass is 10.1. The van der Waals surface area contributed by atoms with Gasteiger partial charge in [0.1, 0.15) is 17.3 Å². The van der Waals surface area contributed by atoms with Crippen LogP contribution in [-0.2, 0) is 4.79 Å². The number of fused-ring (bicyclic) bond motifs is 1. The van der Waals surface area contributed by atoms with Crippen molar-refractivity contribution in [3.63, 3.8) is 0 Å². The van der Waals surface area contributed by atoms with Gasteiger partial charge < -0.3 is 9.88 Å². The molecule has 1 fully saturated rings. The number of benzene rings is 1. The lowest BCUT2D eigenvalue weighted by molar-refractivity contribution is -0.118. The molecule has 5 nitrogen and oxygen atoms in total. The van der Waals surface area contributed by atoms with E-state index in [1.54, 1.807) is 25.3 Å². The zero-order chi connectivity index (χ0) is 16.7. The van der Waals surface area contributed by atoms with E-state index in [2.05, 4.69) is 15.0 Å². The average molecular weight is 324 g/mol.